The van der Waals surface area contributed by atoms with Crippen molar-refractivity contribution in [1.29, 1.82) is 0 Å². The molecule has 2 atom stereocenters. The van der Waals surface area contributed by atoms with E-state index in [1.54, 1.807) is 31.2 Å². The van der Waals surface area contributed by atoms with Crippen LogP contribution in [-0.4, -0.2) is 42.8 Å². The SMILES string of the molecule is C[C@H](OC(=O)c1ccc(OC[C@@H]2CCCO2)cc1)C(=O)NC(C)(C)C. The zero-order valence-corrected chi connectivity index (χ0v) is 15.3. The molecule has 25 heavy (non-hydrogen) atoms. The van der Waals surface area contributed by atoms with Crippen molar-refractivity contribution in [2.24, 2.45) is 0 Å². The number of hydrogen-bond acceptors (Lipinski definition) is 5. The van der Waals surface area contributed by atoms with Gasteiger partial charge in [0, 0.05) is 12.1 Å². The number of carbonyl (C=O) groups excluding carboxylic acids is 2. The van der Waals surface area contributed by atoms with Crippen molar-refractivity contribution < 1.29 is 23.8 Å². The Morgan fingerprint density at radius 2 is 1.96 bits per heavy atom. The lowest BCUT2D eigenvalue weighted by atomic mass is 10.1. The zero-order valence-electron chi connectivity index (χ0n) is 15.3. The topological polar surface area (TPSA) is 73.9 Å². The van der Waals surface area contributed by atoms with Crippen molar-refractivity contribution in [1.82, 2.24) is 5.32 Å². The third-order valence-corrected chi connectivity index (χ3v) is 3.70. The summed E-state index contributed by atoms with van der Waals surface area (Å²) in [5, 5.41) is 2.78. The van der Waals surface area contributed by atoms with E-state index < -0.39 is 12.1 Å². The van der Waals surface area contributed by atoms with Gasteiger partial charge in [0.2, 0.25) is 0 Å². The van der Waals surface area contributed by atoms with Crippen LogP contribution in [0.4, 0.5) is 0 Å². The maximum Gasteiger partial charge on any atom is 0.338 e. The fourth-order valence-electron chi connectivity index (χ4n) is 2.41. The molecule has 1 amide bonds. The highest BCUT2D eigenvalue weighted by Gasteiger charge is 2.23. The maximum absolute atomic E-state index is 12.1. The Morgan fingerprint density at radius 3 is 2.52 bits per heavy atom. The quantitative estimate of drug-likeness (QED) is 0.800. The number of amides is 1. The highest BCUT2D eigenvalue weighted by Crippen LogP contribution is 2.17. The molecule has 0 radical (unpaired) electrons. The number of ether oxygens (including phenoxy) is 3. The first kappa shape index (κ1) is 19.2. The molecule has 1 fully saturated rings. The number of carbonyl (C=O) groups is 2. The molecule has 0 aliphatic carbocycles. The standard InChI is InChI=1S/C19H27NO5/c1-13(17(21)20-19(2,3)4)25-18(22)14-7-9-15(10-8-14)24-12-16-6-5-11-23-16/h7-10,13,16H,5-6,11-12H2,1-4H3,(H,20,21)/t13-,16-/m0/s1. The van der Waals surface area contributed by atoms with Crippen molar-refractivity contribution in [2.45, 2.75) is 58.3 Å². The summed E-state index contributed by atoms with van der Waals surface area (Å²) in [5.41, 5.74) is -0.000344. The van der Waals surface area contributed by atoms with Gasteiger partial charge in [-0.05, 0) is 64.8 Å². The van der Waals surface area contributed by atoms with E-state index in [2.05, 4.69) is 5.32 Å². The first-order valence-electron chi connectivity index (χ1n) is 8.62. The van der Waals surface area contributed by atoms with Gasteiger partial charge in [0.25, 0.3) is 5.91 Å². The minimum atomic E-state index is -0.859. The van der Waals surface area contributed by atoms with E-state index in [1.807, 2.05) is 20.8 Å². The van der Waals surface area contributed by atoms with Crippen molar-refractivity contribution >= 4 is 11.9 Å². The second kappa shape index (κ2) is 8.34. The Kier molecular flexibility index (Phi) is 6.42. The minimum Gasteiger partial charge on any atom is -0.491 e. The number of benzene rings is 1. The molecule has 1 aliphatic heterocycles. The van der Waals surface area contributed by atoms with Gasteiger partial charge in [-0.3, -0.25) is 4.79 Å². The van der Waals surface area contributed by atoms with E-state index in [-0.39, 0.29) is 17.6 Å². The summed E-state index contributed by atoms with van der Waals surface area (Å²) in [6.07, 6.45) is 1.37. The van der Waals surface area contributed by atoms with Crippen molar-refractivity contribution in [3.05, 3.63) is 29.8 Å². The molecule has 0 unspecified atom stereocenters. The third kappa shape index (κ3) is 6.38. The van der Waals surface area contributed by atoms with Crippen LogP contribution >= 0.6 is 0 Å². The van der Waals surface area contributed by atoms with Gasteiger partial charge in [-0.2, -0.15) is 0 Å². The van der Waals surface area contributed by atoms with Crippen LogP contribution in [0.3, 0.4) is 0 Å². The number of nitrogens with one attached hydrogen (secondary N) is 1. The van der Waals surface area contributed by atoms with Crippen molar-refractivity contribution in [3.8, 4) is 5.75 Å². The normalized spacial score (nSPS) is 18.5. The van der Waals surface area contributed by atoms with E-state index in [4.69, 9.17) is 14.2 Å². The van der Waals surface area contributed by atoms with E-state index in [0.29, 0.717) is 17.9 Å². The Morgan fingerprint density at radius 1 is 1.28 bits per heavy atom. The molecule has 0 aromatic heterocycles. The molecular weight excluding hydrogens is 322 g/mol. The first-order valence-corrected chi connectivity index (χ1v) is 8.62. The van der Waals surface area contributed by atoms with Crippen LogP contribution in [0.2, 0.25) is 0 Å². The molecule has 6 heteroatoms. The average molecular weight is 349 g/mol. The van der Waals surface area contributed by atoms with Crippen LogP contribution < -0.4 is 10.1 Å². The van der Waals surface area contributed by atoms with Crippen LogP contribution in [0.1, 0.15) is 50.9 Å². The van der Waals surface area contributed by atoms with Gasteiger partial charge in [-0.25, -0.2) is 4.79 Å². The molecule has 1 N–H and O–H groups in total. The van der Waals surface area contributed by atoms with E-state index in [9.17, 15) is 9.59 Å². The molecular formula is C19H27NO5. The monoisotopic (exact) mass is 349 g/mol. The Hall–Kier alpha value is -2.08. The molecule has 1 aromatic rings. The van der Waals surface area contributed by atoms with Crippen LogP contribution in [0.5, 0.6) is 5.75 Å². The molecule has 1 aliphatic rings. The highest BCUT2D eigenvalue weighted by molar-refractivity contribution is 5.92. The van der Waals surface area contributed by atoms with Gasteiger partial charge >= 0.3 is 5.97 Å². The fourth-order valence-corrected chi connectivity index (χ4v) is 2.41. The van der Waals surface area contributed by atoms with Crippen LogP contribution in [-0.2, 0) is 14.3 Å². The first-order chi connectivity index (χ1) is 11.7. The van der Waals surface area contributed by atoms with Crippen molar-refractivity contribution in [3.63, 3.8) is 0 Å². The van der Waals surface area contributed by atoms with E-state index in [1.165, 1.54) is 0 Å². The summed E-state index contributed by atoms with van der Waals surface area (Å²) in [4.78, 5) is 24.1. The van der Waals surface area contributed by atoms with Gasteiger partial charge < -0.3 is 19.5 Å². The van der Waals surface area contributed by atoms with Crippen LogP contribution in [0.15, 0.2) is 24.3 Å². The highest BCUT2D eigenvalue weighted by atomic mass is 16.5. The summed E-state index contributed by atoms with van der Waals surface area (Å²) >= 11 is 0. The second-order valence-corrected chi connectivity index (χ2v) is 7.26. The van der Waals surface area contributed by atoms with Crippen LogP contribution in [0, 0.1) is 0 Å². The largest absolute Gasteiger partial charge is 0.491 e. The van der Waals surface area contributed by atoms with E-state index in [0.717, 1.165) is 19.4 Å². The summed E-state index contributed by atoms with van der Waals surface area (Å²) in [5.74, 6) is -0.190. The second-order valence-electron chi connectivity index (χ2n) is 7.26. The molecule has 0 spiro atoms. The number of esters is 1. The smallest absolute Gasteiger partial charge is 0.338 e. The predicted octanol–water partition coefficient (Wildman–Crippen LogP) is 2.70. The number of rotatable bonds is 6. The zero-order chi connectivity index (χ0) is 18.4. The molecule has 1 saturated heterocycles. The van der Waals surface area contributed by atoms with Gasteiger partial charge in [-0.15, -0.1) is 0 Å². The molecule has 1 heterocycles. The molecule has 0 saturated carbocycles. The lowest BCUT2D eigenvalue weighted by molar-refractivity contribution is -0.130. The summed E-state index contributed by atoms with van der Waals surface area (Å²) < 4.78 is 16.4. The lowest BCUT2D eigenvalue weighted by Gasteiger charge is -2.23. The minimum absolute atomic E-state index is 0.145. The Bertz CT molecular complexity index is 585. The van der Waals surface area contributed by atoms with Gasteiger partial charge in [0.05, 0.1) is 11.7 Å². The Balaban J connectivity index is 1.83. The van der Waals surface area contributed by atoms with E-state index >= 15 is 0 Å². The summed E-state index contributed by atoms with van der Waals surface area (Å²) in [6.45, 7) is 8.46. The predicted molar refractivity (Wildman–Crippen MR) is 93.7 cm³/mol. The number of hydrogen-bond donors (Lipinski definition) is 1. The third-order valence-electron chi connectivity index (χ3n) is 3.70. The average Bonchev–Trinajstić information content (AvgIpc) is 3.05. The fraction of sp³-hybridized carbons (Fsp3) is 0.579. The maximum atomic E-state index is 12.1. The van der Waals surface area contributed by atoms with Crippen molar-refractivity contribution in [2.75, 3.05) is 13.2 Å². The van der Waals surface area contributed by atoms with Gasteiger partial charge in [0.15, 0.2) is 6.10 Å². The Labute approximate surface area is 148 Å². The molecule has 1 aromatic carbocycles. The summed E-state index contributed by atoms with van der Waals surface area (Å²) in [7, 11) is 0. The van der Waals surface area contributed by atoms with Crippen LogP contribution in [0.25, 0.3) is 0 Å². The molecule has 138 valence electrons. The lowest BCUT2D eigenvalue weighted by Crippen LogP contribution is -2.46. The van der Waals surface area contributed by atoms with Gasteiger partial charge in [0.1, 0.15) is 12.4 Å². The van der Waals surface area contributed by atoms with Gasteiger partial charge in [-0.1, -0.05) is 0 Å². The molecule has 0 bridgehead atoms. The molecule has 6 nitrogen and oxygen atoms in total. The molecule has 2 rings (SSSR count). The summed E-state index contributed by atoms with van der Waals surface area (Å²) in [6, 6.07) is 6.68.